The normalized spacial score (nSPS) is 23.7. The number of likely N-dealkylation sites (tertiary alicyclic amines) is 2. The summed E-state index contributed by atoms with van der Waals surface area (Å²) in [4.78, 5) is 18.1. The molecule has 2 aromatic rings. The van der Waals surface area contributed by atoms with Crippen molar-refractivity contribution in [1.82, 2.24) is 9.80 Å². The quantitative estimate of drug-likeness (QED) is 0.615. The van der Waals surface area contributed by atoms with Gasteiger partial charge in [0.2, 0.25) is 6.29 Å². The van der Waals surface area contributed by atoms with Crippen LogP contribution in [0.25, 0.3) is 0 Å². The van der Waals surface area contributed by atoms with Crippen molar-refractivity contribution in [2.75, 3.05) is 26.2 Å². The Kier molecular flexibility index (Phi) is 8.36. The zero-order valence-corrected chi connectivity index (χ0v) is 21.1. The van der Waals surface area contributed by atoms with Crippen molar-refractivity contribution in [1.29, 1.82) is 0 Å². The number of hydrogen-bond donors (Lipinski definition) is 1. The average Bonchev–Trinajstić information content (AvgIpc) is 2.97. The van der Waals surface area contributed by atoms with Gasteiger partial charge in [-0.3, -0.25) is 4.79 Å². The van der Waals surface area contributed by atoms with Gasteiger partial charge in [0.05, 0.1) is 13.2 Å². The first-order valence-corrected chi connectivity index (χ1v) is 13.5. The summed E-state index contributed by atoms with van der Waals surface area (Å²) in [6.07, 6.45) is 8.16. The summed E-state index contributed by atoms with van der Waals surface area (Å²) in [5.74, 6) is 0.451. The molecule has 0 bridgehead atoms. The molecule has 0 saturated carbocycles. The van der Waals surface area contributed by atoms with Crippen molar-refractivity contribution in [3.63, 3.8) is 0 Å². The SMILES string of the molecule is O=C(C1=CC(c2ccccc2)CC(OCc2ccc(CO)cc2)O1)N1CCC(N2CCCCC2)CC1. The molecular formula is C30H38N2O4. The molecule has 0 spiro atoms. The number of carbonyl (C=O) groups is 1. The van der Waals surface area contributed by atoms with Gasteiger partial charge >= 0.3 is 0 Å². The highest BCUT2D eigenvalue weighted by molar-refractivity contribution is 5.91. The number of allylic oxidation sites excluding steroid dienone is 1. The van der Waals surface area contributed by atoms with E-state index in [1.165, 1.54) is 32.4 Å². The van der Waals surface area contributed by atoms with Gasteiger partial charge in [0.15, 0.2) is 5.76 Å². The number of rotatable bonds is 7. The van der Waals surface area contributed by atoms with Gasteiger partial charge in [0.1, 0.15) is 0 Å². The van der Waals surface area contributed by atoms with Crippen molar-refractivity contribution in [3.8, 4) is 0 Å². The number of benzene rings is 2. The third-order valence-corrected chi connectivity index (χ3v) is 7.80. The van der Waals surface area contributed by atoms with E-state index in [4.69, 9.17) is 9.47 Å². The zero-order chi connectivity index (χ0) is 24.7. The summed E-state index contributed by atoms with van der Waals surface area (Å²) in [6.45, 7) is 4.37. The lowest BCUT2D eigenvalue weighted by molar-refractivity contribution is -0.157. The van der Waals surface area contributed by atoms with Crippen LogP contribution in [0.4, 0.5) is 0 Å². The molecular weight excluding hydrogens is 452 g/mol. The molecule has 192 valence electrons. The summed E-state index contributed by atoms with van der Waals surface area (Å²) in [5, 5.41) is 9.27. The first kappa shape index (κ1) is 25.0. The highest BCUT2D eigenvalue weighted by Gasteiger charge is 2.33. The third-order valence-electron chi connectivity index (χ3n) is 7.80. The number of amides is 1. The Morgan fingerprint density at radius 3 is 2.31 bits per heavy atom. The van der Waals surface area contributed by atoms with Crippen LogP contribution in [0.1, 0.15) is 61.1 Å². The van der Waals surface area contributed by atoms with Crippen LogP contribution in [0.3, 0.4) is 0 Å². The van der Waals surface area contributed by atoms with Gasteiger partial charge in [-0.25, -0.2) is 0 Å². The van der Waals surface area contributed by atoms with E-state index in [1.807, 2.05) is 53.4 Å². The van der Waals surface area contributed by atoms with Crippen LogP contribution in [-0.2, 0) is 27.5 Å². The summed E-state index contributed by atoms with van der Waals surface area (Å²) < 4.78 is 12.3. The molecule has 3 aliphatic rings. The van der Waals surface area contributed by atoms with E-state index in [2.05, 4.69) is 17.0 Å². The van der Waals surface area contributed by atoms with E-state index < -0.39 is 6.29 Å². The minimum Gasteiger partial charge on any atom is -0.459 e. The number of carbonyl (C=O) groups excluding carboxylic acids is 1. The van der Waals surface area contributed by atoms with Crippen LogP contribution < -0.4 is 0 Å². The molecule has 5 rings (SSSR count). The van der Waals surface area contributed by atoms with E-state index in [1.54, 1.807) is 0 Å². The minimum absolute atomic E-state index is 0.0198. The lowest BCUT2D eigenvalue weighted by Crippen LogP contribution is -2.49. The second-order valence-corrected chi connectivity index (χ2v) is 10.2. The number of nitrogens with zero attached hydrogens (tertiary/aromatic N) is 2. The van der Waals surface area contributed by atoms with Gasteiger partial charge in [0.25, 0.3) is 5.91 Å². The maximum absolute atomic E-state index is 13.5. The number of ether oxygens (including phenoxy) is 2. The molecule has 1 amide bonds. The van der Waals surface area contributed by atoms with Crippen LogP contribution in [0.5, 0.6) is 0 Å². The molecule has 6 heteroatoms. The predicted molar refractivity (Wildman–Crippen MR) is 139 cm³/mol. The third kappa shape index (κ3) is 6.17. The maximum Gasteiger partial charge on any atom is 0.288 e. The standard InChI is InChI=1S/C30H38N2O4/c33-21-23-9-11-24(12-10-23)22-35-29-20-26(25-7-3-1-4-8-25)19-28(36-29)30(34)32-17-13-27(14-18-32)31-15-5-2-6-16-31/h1,3-4,7-12,19,26-27,29,33H,2,5-6,13-18,20-22H2. The van der Waals surface area contributed by atoms with E-state index >= 15 is 0 Å². The molecule has 0 radical (unpaired) electrons. The number of aliphatic hydroxyl groups excluding tert-OH is 1. The molecule has 6 nitrogen and oxygen atoms in total. The molecule has 0 aromatic heterocycles. The van der Waals surface area contributed by atoms with Crippen molar-refractivity contribution < 1.29 is 19.4 Å². The fourth-order valence-electron chi connectivity index (χ4n) is 5.65. The van der Waals surface area contributed by atoms with Crippen molar-refractivity contribution in [3.05, 3.63) is 83.1 Å². The van der Waals surface area contributed by atoms with Gasteiger partial charge in [-0.1, -0.05) is 61.0 Å². The molecule has 2 saturated heterocycles. The van der Waals surface area contributed by atoms with Crippen LogP contribution >= 0.6 is 0 Å². The molecule has 1 N–H and O–H groups in total. The summed E-state index contributed by atoms with van der Waals surface area (Å²) in [6, 6.07) is 18.6. The second-order valence-electron chi connectivity index (χ2n) is 10.2. The number of piperidine rings is 2. The monoisotopic (exact) mass is 490 g/mol. The molecule has 2 atom stereocenters. The largest absolute Gasteiger partial charge is 0.459 e. The first-order valence-electron chi connectivity index (χ1n) is 13.5. The van der Waals surface area contributed by atoms with E-state index in [0.717, 1.165) is 42.6 Å². The summed E-state index contributed by atoms with van der Waals surface area (Å²) in [7, 11) is 0. The Labute approximate surface area is 214 Å². The molecule has 0 aliphatic carbocycles. The number of hydrogen-bond acceptors (Lipinski definition) is 5. The van der Waals surface area contributed by atoms with Gasteiger partial charge in [-0.15, -0.1) is 0 Å². The number of aliphatic hydroxyl groups is 1. The average molecular weight is 491 g/mol. The topological polar surface area (TPSA) is 62.2 Å². The molecule has 36 heavy (non-hydrogen) atoms. The Hall–Kier alpha value is -2.67. The summed E-state index contributed by atoms with van der Waals surface area (Å²) in [5.41, 5.74) is 3.04. The molecule has 2 fully saturated rings. The second kappa shape index (κ2) is 12.0. The Bertz CT molecular complexity index is 1010. The first-order chi connectivity index (χ1) is 17.7. The van der Waals surface area contributed by atoms with E-state index in [0.29, 0.717) is 24.8 Å². The predicted octanol–water partition coefficient (Wildman–Crippen LogP) is 4.59. The van der Waals surface area contributed by atoms with Gasteiger partial charge < -0.3 is 24.4 Å². The van der Waals surface area contributed by atoms with Crippen LogP contribution in [0.2, 0.25) is 0 Å². The van der Waals surface area contributed by atoms with Gasteiger partial charge in [-0.05, 0) is 61.5 Å². The maximum atomic E-state index is 13.5. The Balaban J connectivity index is 1.24. The van der Waals surface area contributed by atoms with E-state index in [-0.39, 0.29) is 18.4 Å². The Morgan fingerprint density at radius 1 is 0.917 bits per heavy atom. The fraction of sp³-hybridized carbons (Fsp3) is 0.500. The smallest absolute Gasteiger partial charge is 0.288 e. The fourth-order valence-corrected chi connectivity index (χ4v) is 5.65. The Morgan fingerprint density at radius 2 is 1.61 bits per heavy atom. The molecule has 2 unspecified atom stereocenters. The highest BCUT2D eigenvalue weighted by atomic mass is 16.7. The molecule has 3 aliphatic heterocycles. The zero-order valence-electron chi connectivity index (χ0n) is 21.1. The molecule has 3 heterocycles. The van der Waals surface area contributed by atoms with Crippen LogP contribution in [0, 0.1) is 0 Å². The van der Waals surface area contributed by atoms with E-state index in [9.17, 15) is 9.90 Å². The lowest BCUT2D eigenvalue weighted by atomic mass is 9.92. The molecule has 2 aromatic carbocycles. The lowest BCUT2D eigenvalue weighted by Gasteiger charge is -2.40. The minimum atomic E-state index is -0.498. The van der Waals surface area contributed by atoms with Crippen molar-refractivity contribution in [2.24, 2.45) is 0 Å². The van der Waals surface area contributed by atoms with Crippen molar-refractivity contribution >= 4 is 5.91 Å². The van der Waals surface area contributed by atoms with Gasteiger partial charge in [-0.2, -0.15) is 0 Å². The van der Waals surface area contributed by atoms with Gasteiger partial charge in [0, 0.05) is 31.5 Å². The van der Waals surface area contributed by atoms with Crippen LogP contribution in [-0.4, -0.2) is 59.3 Å². The van der Waals surface area contributed by atoms with Crippen molar-refractivity contribution in [2.45, 2.75) is 70.0 Å². The van der Waals surface area contributed by atoms with Crippen LogP contribution in [0.15, 0.2) is 66.4 Å². The summed E-state index contributed by atoms with van der Waals surface area (Å²) >= 11 is 0. The highest BCUT2D eigenvalue weighted by Crippen LogP contribution is 2.33.